The second kappa shape index (κ2) is 9.05. The summed E-state index contributed by atoms with van der Waals surface area (Å²) >= 11 is 0. The van der Waals surface area contributed by atoms with Gasteiger partial charge in [-0.15, -0.1) is 0 Å². The van der Waals surface area contributed by atoms with Crippen LogP contribution in [0.4, 0.5) is 5.69 Å². The van der Waals surface area contributed by atoms with E-state index in [1.54, 1.807) is 24.3 Å². The molecule has 0 aromatic heterocycles. The summed E-state index contributed by atoms with van der Waals surface area (Å²) in [5.74, 6) is -0.588. The molecular weight excluding hydrogens is 308 g/mol. The van der Waals surface area contributed by atoms with Crippen LogP contribution in [0.5, 0.6) is 0 Å². The molecule has 0 heterocycles. The van der Waals surface area contributed by atoms with E-state index in [-0.39, 0.29) is 24.8 Å². The lowest BCUT2D eigenvalue weighted by molar-refractivity contribution is -0.136. The van der Waals surface area contributed by atoms with Crippen LogP contribution < -0.4 is 10.6 Å². The number of aliphatic carboxylic acids is 1. The summed E-state index contributed by atoms with van der Waals surface area (Å²) in [5, 5.41) is 13.9. The van der Waals surface area contributed by atoms with Crippen LogP contribution in [0, 0.1) is 5.92 Å². The van der Waals surface area contributed by atoms with Gasteiger partial charge in [-0.2, -0.15) is 0 Å². The number of nitrogens with one attached hydrogen (secondary N) is 2. The normalized spacial score (nSPS) is 14.3. The summed E-state index contributed by atoms with van der Waals surface area (Å²) in [4.78, 5) is 34.2. The Hall–Kier alpha value is -2.37. The van der Waals surface area contributed by atoms with Crippen molar-refractivity contribution in [3.05, 3.63) is 29.8 Å². The first-order chi connectivity index (χ1) is 11.5. The molecule has 0 saturated heterocycles. The van der Waals surface area contributed by atoms with Gasteiger partial charge < -0.3 is 15.7 Å². The van der Waals surface area contributed by atoms with E-state index < -0.39 is 5.97 Å². The lowest BCUT2D eigenvalue weighted by Gasteiger charge is -2.09. The first-order valence-electron chi connectivity index (χ1n) is 8.44. The van der Waals surface area contributed by atoms with Crippen molar-refractivity contribution < 1.29 is 19.5 Å². The largest absolute Gasteiger partial charge is 0.481 e. The first kappa shape index (κ1) is 18.0. The third-order valence-corrected chi connectivity index (χ3v) is 4.31. The number of hydrogen-bond acceptors (Lipinski definition) is 3. The van der Waals surface area contributed by atoms with Gasteiger partial charge in [-0.3, -0.25) is 14.4 Å². The SMILES string of the molecule is O=C(O)CCNC(=O)c1ccc(NC(=O)CCC2CCCC2)cc1. The van der Waals surface area contributed by atoms with Crippen LogP contribution in [0.15, 0.2) is 24.3 Å². The summed E-state index contributed by atoms with van der Waals surface area (Å²) in [5.41, 5.74) is 1.10. The Balaban J connectivity index is 1.75. The molecule has 0 unspecified atom stereocenters. The molecule has 0 atom stereocenters. The standard InChI is InChI=1S/C18H24N2O4/c21-16(10-5-13-3-1-2-4-13)20-15-8-6-14(7-9-15)18(24)19-12-11-17(22)23/h6-9,13H,1-5,10-12H2,(H,19,24)(H,20,21)(H,22,23). The van der Waals surface area contributed by atoms with Crippen LogP contribution in [0.1, 0.15) is 55.3 Å². The van der Waals surface area contributed by atoms with Gasteiger partial charge in [-0.25, -0.2) is 0 Å². The molecular formula is C18H24N2O4. The van der Waals surface area contributed by atoms with Gasteiger partial charge in [0, 0.05) is 24.2 Å². The molecule has 130 valence electrons. The van der Waals surface area contributed by atoms with Crippen molar-refractivity contribution in [3.63, 3.8) is 0 Å². The van der Waals surface area contributed by atoms with Crippen molar-refractivity contribution in [2.75, 3.05) is 11.9 Å². The molecule has 24 heavy (non-hydrogen) atoms. The molecule has 0 aliphatic heterocycles. The van der Waals surface area contributed by atoms with E-state index >= 15 is 0 Å². The maximum absolute atomic E-state index is 11.9. The minimum Gasteiger partial charge on any atom is -0.481 e. The molecule has 0 spiro atoms. The Morgan fingerprint density at radius 3 is 2.33 bits per heavy atom. The third kappa shape index (κ3) is 6.02. The molecule has 1 aliphatic rings. The van der Waals surface area contributed by atoms with Crippen molar-refractivity contribution in [2.24, 2.45) is 5.92 Å². The highest BCUT2D eigenvalue weighted by Gasteiger charge is 2.16. The van der Waals surface area contributed by atoms with Crippen LogP contribution in [-0.2, 0) is 9.59 Å². The van der Waals surface area contributed by atoms with Gasteiger partial charge in [-0.1, -0.05) is 25.7 Å². The fourth-order valence-electron chi connectivity index (χ4n) is 2.95. The van der Waals surface area contributed by atoms with Crippen molar-refractivity contribution in [3.8, 4) is 0 Å². The number of carbonyl (C=O) groups is 3. The average Bonchev–Trinajstić information content (AvgIpc) is 3.06. The molecule has 1 aromatic carbocycles. The number of hydrogen-bond donors (Lipinski definition) is 3. The molecule has 3 N–H and O–H groups in total. The summed E-state index contributed by atoms with van der Waals surface area (Å²) in [7, 11) is 0. The van der Waals surface area contributed by atoms with E-state index in [0.717, 1.165) is 6.42 Å². The van der Waals surface area contributed by atoms with E-state index in [4.69, 9.17) is 5.11 Å². The molecule has 1 saturated carbocycles. The van der Waals surface area contributed by atoms with Crippen molar-refractivity contribution in [2.45, 2.75) is 44.9 Å². The number of anilines is 1. The van der Waals surface area contributed by atoms with Crippen molar-refractivity contribution in [1.29, 1.82) is 0 Å². The number of rotatable bonds is 8. The van der Waals surface area contributed by atoms with Gasteiger partial charge in [0.25, 0.3) is 5.91 Å². The quantitative estimate of drug-likeness (QED) is 0.682. The Kier molecular flexibility index (Phi) is 6.78. The lowest BCUT2D eigenvalue weighted by Crippen LogP contribution is -2.25. The average molecular weight is 332 g/mol. The molecule has 0 bridgehead atoms. The summed E-state index contributed by atoms with van der Waals surface area (Å²) in [6, 6.07) is 6.59. The summed E-state index contributed by atoms with van der Waals surface area (Å²) in [6.45, 7) is 0.0911. The third-order valence-electron chi connectivity index (χ3n) is 4.31. The van der Waals surface area contributed by atoms with Crippen molar-refractivity contribution >= 4 is 23.5 Å². The topological polar surface area (TPSA) is 95.5 Å². The molecule has 1 fully saturated rings. The molecule has 1 aromatic rings. The highest BCUT2D eigenvalue weighted by molar-refractivity contribution is 5.95. The monoisotopic (exact) mass is 332 g/mol. The molecule has 2 amide bonds. The van der Waals surface area contributed by atoms with Crippen LogP contribution in [0.2, 0.25) is 0 Å². The van der Waals surface area contributed by atoms with E-state index in [9.17, 15) is 14.4 Å². The van der Waals surface area contributed by atoms with Crippen LogP contribution in [-0.4, -0.2) is 29.4 Å². The zero-order valence-corrected chi connectivity index (χ0v) is 13.7. The van der Waals surface area contributed by atoms with Gasteiger partial charge in [-0.05, 0) is 36.6 Å². The maximum atomic E-state index is 11.9. The highest BCUT2D eigenvalue weighted by Crippen LogP contribution is 2.28. The van der Waals surface area contributed by atoms with E-state index in [0.29, 0.717) is 23.6 Å². The minimum atomic E-state index is -0.953. The molecule has 6 heteroatoms. The fraction of sp³-hybridized carbons (Fsp3) is 0.500. The number of benzene rings is 1. The minimum absolute atomic E-state index is 0.000518. The van der Waals surface area contributed by atoms with Gasteiger partial charge >= 0.3 is 5.97 Å². The number of amides is 2. The maximum Gasteiger partial charge on any atom is 0.305 e. The number of carbonyl (C=O) groups excluding carboxylic acids is 2. The molecule has 2 rings (SSSR count). The molecule has 0 radical (unpaired) electrons. The predicted molar refractivity (Wildman–Crippen MR) is 90.8 cm³/mol. The lowest BCUT2D eigenvalue weighted by atomic mass is 10.0. The Labute approximate surface area is 141 Å². The van der Waals surface area contributed by atoms with Crippen LogP contribution >= 0.6 is 0 Å². The zero-order chi connectivity index (χ0) is 17.4. The van der Waals surface area contributed by atoms with Gasteiger partial charge in [0.05, 0.1) is 6.42 Å². The Bertz CT molecular complexity index is 577. The van der Waals surface area contributed by atoms with Gasteiger partial charge in [0.15, 0.2) is 0 Å². The van der Waals surface area contributed by atoms with E-state index in [1.165, 1.54) is 25.7 Å². The zero-order valence-electron chi connectivity index (χ0n) is 13.7. The van der Waals surface area contributed by atoms with Crippen LogP contribution in [0.3, 0.4) is 0 Å². The summed E-state index contributed by atoms with van der Waals surface area (Å²) in [6.07, 6.45) is 6.39. The van der Waals surface area contributed by atoms with Crippen LogP contribution in [0.25, 0.3) is 0 Å². The number of carboxylic acid groups (broad SMARTS) is 1. The molecule has 1 aliphatic carbocycles. The first-order valence-corrected chi connectivity index (χ1v) is 8.44. The second-order valence-electron chi connectivity index (χ2n) is 6.21. The van der Waals surface area contributed by atoms with Gasteiger partial charge in [0.1, 0.15) is 0 Å². The summed E-state index contributed by atoms with van der Waals surface area (Å²) < 4.78 is 0. The Morgan fingerprint density at radius 2 is 1.71 bits per heavy atom. The van der Waals surface area contributed by atoms with E-state index in [2.05, 4.69) is 10.6 Å². The smallest absolute Gasteiger partial charge is 0.305 e. The molecule has 6 nitrogen and oxygen atoms in total. The van der Waals surface area contributed by atoms with E-state index in [1.807, 2.05) is 0 Å². The number of carboxylic acids is 1. The Morgan fingerprint density at radius 1 is 1.04 bits per heavy atom. The van der Waals surface area contributed by atoms with Gasteiger partial charge in [0.2, 0.25) is 5.91 Å². The highest BCUT2D eigenvalue weighted by atomic mass is 16.4. The van der Waals surface area contributed by atoms with Crippen molar-refractivity contribution in [1.82, 2.24) is 5.32 Å². The second-order valence-corrected chi connectivity index (χ2v) is 6.21. The fourth-order valence-corrected chi connectivity index (χ4v) is 2.95. The predicted octanol–water partition coefficient (Wildman–Crippen LogP) is 2.80.